The van der Waals surface area contributed by atoms with E-state index in [-0.39, 0.29) is 11.9 Å². The number of nitrogens with one attached hydrogen (secondary N) is 2. The Morgan fingerprint density at radius 1 is 1.09 bits per heavy atom. The van der Waals surface area contributed by atoms with Crippen molar-refractivity contribution in [2.24, 2.45) is 0 Å². The number of aliphatic hydroxyl groups is 1. The van der Waals surface area contributed by atoms with Crippen molar-refractivity contribution in [3.8, 4) is 0 Å². The van der Waals surface area contributed by atoms with Gasteiger partial charge in [-0.25, -0.2) is 4.79 Å². The number of amides is 3. The molecule has 0 heterocycles. The molecule has 1 rings (SSSR count). The predicted molar refractivity (Wildman–Crippen MR) is 129 cm³/mol. The van der Waals surface area contributed by atoms with Gasteiger partial charge in [0.1, 0.15) is 17.7 Å². The zero-order valence-electron chi connectivity index (χ0n) is 21.3. The maximum atomic E-state index is 13.6. The number of unbranched alkanes of at least 4 members (excludes halogenated alkanes) is 1. The van der Waals surface area contributed by atoms with Gasteiger partial charge < -0.3 is 25.4 Å². The normalized spacial score (nSPS) is 13.3. The summed E-state index contributed by atoms with van der Waals surface area (Å²) >= 11 is 0. The Hall–Kier alpha value is -2.61. The number of hydrogen-bond acceptors (Lipinski definition) is 5. The fourth-order valence-electron chi connectivity index (χ4n) is 3.59. The van der Waals surface area contributed by atoms with Gasteiger partial charge in [-0.1, -0.05) is 42.7 Å². The zero-order valence-corrected chi connectivity index (χ0v) is 21.3. The van der Waals surface area contributed by atoms with Crippen LogP contribution < -0.4 is 10.6 Å². The molecule has 8 heteroatoms. The van der Waals surface area contributed by atoms with Crippen LogP contribution in [0.1, 0.15) is 77.1 Å². The Balaban J connectivity index is 3.37. The second-order valence-electron chi connectivity index (χ2n) is 9.69. The highest BCUT2D eigenvalue weighted by atomic mass is 16.6. The van der Waals surface area contributed by atoms with Crippen LogP contribution in [0.25, 0.3) is 0 Å². The Morgan fingerprint density at radius 2 is 1.67 bits per heavy atom. The van der Waals surface area contributed by atoms with Crippen LogP contribution in [-0.4, -0.2) is 58.8 Å². The summed E-state index contributed by atoms with van der Waals surface area (Å²) in [6.07, 6.45) is 0.933. The van der Waals surface area contributed by atoms with E-state index in [2.05, 4.69) is 10.6 Å². The number of benzene rings is 1. The molecule has 2 unspecified atom stereocenters. The van der Waals surface area contributed by atoms with Crippen LogP contribution in [0.5, 0.6) is 0 Å². The summed E-state index contributed by atoms with van der Waals surface area (Å²) in [5.74, 6) is -0.863. The zero-order chi connectivity index (χ0) is 25.3. The summed E-state index contributed by atoms with van der Waals surface area (Å²) in [7, 11) is 0. The summed E-state index contributed by atoms with van der Waals surface area (Å²) in [6, 6.07) is 3.22. The molecule has 0 fully saturated rings. The first-order valence-electron chi connectivity index (χ1n) is 11.6. The molecule has 0 aliphatic carbocycles. The molecule has 8 nitrogen and oxygen atoms in total. The average molecular weight is 464 g/mol. The van der Waals surface area contributed by atoms with Crippen LogP contribution in [0.15, 0.2) is 18.2 Å². The van der Waals surface area contributed by atoms with Gasteiger partial charge in [0.2, 0.25) is 11.8 Å². The Bertz CT molecular complexity index is 797. The van der Waals surface area contributed by atoms with E-state index in [0.717, 1.165) is 24.0 Å². The van der Waals surface area contributed by atoms with Gasteiger partial charge in [-0.2, -0.15) is 0 Å². The molecule has 1 aromatic carbocycles. The molecule has 0 aromatic heterocycles. The second-order valence-corrected chi connectivity index (χ2v) is 9.69. The average Bonchev–Trinajstić information content (AvgIpc) is 2.67. The third kappa shape index (κ3) is 9.04. The first kappa shape index (κ1) is 28.4. The summed E-state index contributed by atoms with van der Waals surface area (Å²) in [5.41, 5.74) is 1.86. The van der Waals surface area contributed by atoms with Gasteiger partial charge in [0.05, 0.1) is 6.61 Å². The van der Waals surface area contributed by atoms with Crippen molar-refractivity contribution in [3.05, 3.63) is 34.9 Å². The van der Waals surface area contributed by atoms with E-state index in [1.54, 1.807) is 34.6 Å². The quantitative estimate of drug-likeness (QED) is 0.461. The molecule has 1 aromatic rings. The van der Waals surface area contributed by atoms with Crippen LogP contribution in [0, 0.1) is 13.8 Å². The number of aliphatic hydroxyl groups excluding tert-OH is 1. The van der Waals surface area contributed by atoms with Crippen LogP contribution in [-0.2, 0) is 14.3 Å². The van der Waals surface area contributed by atoms with Gasteiger partial charge in [-0.05, 0) is 60.5 Å². The Kier molecular flexibility index (Phi) is 10.8. The fourth-order valence-corrected chi connectivity index (χ4v) is 3.59. The molecule has 3 amide bonds. The van der Waals surface area contributed by atoms with Crippen molar-refractivity contribution in [1.82, 2.24) is 15.5 Å². The highest BCUT2D eigenvalue weighted by molar-refractivity contribution is 5.92. The molecular formula is C25H41N3O5. The number of nitrogens with zero attached hydrogens (tertiary/aromatic N) is 1. The third-order valence-electron chi connectivity index (χ3n) is 4.90. The number of hydrogen-bond donors (Lipinski definition) is 3. The minimum absolute atomic E-state index is 0.301. The van der Waals surface area contributed by atoms with Crippen molar-refractivity contribution < 1.29 is 24.2 Å². The van der Waals surface area contributed by atoms with E-state index in [9.17, 15) is 19.5 Å². The van der Waals surface area contributed by atoms with Crippen LogP contribution in [0.3, 0.4) is 0 Å². The lowest BCUT2D eigenvalue weighted by atomic mass is 9.97. The van der Waals surface area contributed by atoms with Crippen LogP contribution in [0.2, 0.25) is 0 Å². The minimum atomic E-state index is -1.25. The van der Waals surface area contributed by atoms with Gasteiger partial charge in [0, 0.05) is 12.6 Å². The summed E-state index contributed by atoms with van der Waals surface area (Å²) < 4.78 is 5.24. The molecule has 0 spiro atoms. The highest BCUT2D eigenvalue weighted by Gasteiger charge is 2.37. The van der Waals surface area contributed by atoms with Gasteiger partial charge >= 0.3 is 6.09 Å². The molecule has 0 saturated heterocycles. The SMILES string of the molecule is CCCCNC(=O)C(c1cc(C)cc(C)c1)N(C(=O)C(CO)NC(=O)OC(C)(C)C)C(C)C. The molecule has 33 heavy (non-hydrogen) atoms. The van der Waals surface area contributed by atoms with Crippen molar-refractivity contribution >= 4 is 17.9 Å². The topological polar surface area (TPSA) is 108 Å². The monoisotopic (exact) mass is 463 g/mol. The predicted octanol–water partition coefficient (Wildman–Crippen LogP) is 3.38. The Morgan fingerprint density at radius 3 is 2.12 bits per heavy atom. The summed E-state index contributed by atoms with van der Waals surface area (Å²) in [5, 5.41) is 15.3. The van der Waals surface area contributed by atoms with Crippen LogP contribution in [0.4, 0.5) is 4.79 Å². The molecule has 186 valence electrons. The molecule has 0 saturated carbocycles. The second kappa shape index (κ2) is 12.6. The fraction of sp³-hybridized carbons (Fsp3) is 0.640. The van der Waals surface area contributed by atoms with Crippen molar-refractivity contribution in [2.75, 3.05) is 13.2 Å². The van der Waals surface area contributed by atoms with E-state index in [4.69, 9.17) is 4.74 Å². The maximum absolute atomic E-state index is 13.6. The number of ether oxygens (including phenoxy) is 1. The first-order valence-corrected chi connectivity index (χ1v) is 11.6. The molecule has 0 aliphatic rings. The molecule has 0 bridgehead atoms. The highest BCUT2D eigenvalue weighted by Crippen LogP contribution is 2.27. The van der Waals surface area contributed by atoms with Gasteiger partial charge in [-0.15, -0.1) is 0 Å². The number of carbonyl (C=O) groups excluding carboxylic acids is 3. The minimum Gasteiger partial charge on any atom is -0.444 e. The largest absolute Gasteiger partial charge is 0.444 e. The number of aryl methyl sites for hydroxylation is 2. The number of carbonyl (C=O) groups is 3. The maximum Gasteiger partial charge on any atom is 0.408 e. The van der Waals surface area contributed by atoms with Gasteiger partial charge in [0.25, 0.3) is 0 Å². The van der Waals surface area contributed by atoms with E-state index in [1.165, 1.54) is 4.90 Å². The molecule has 2 atom stereocenters. The number of rotatable bonds is 10. The van der Waals surface area contributed by atoms with Gasteiger partial charge in [-0.3, -0.25) is 9.59 Å². The smallest absolute Gasteiger partial charge is 0.408 e. The summed E-state index contributed by atoms with van der Waals surface area (Å²) in [4.78, 5) is 40.6. The van der Waals surface area contributed by atoms with Crippen molar-refractivity contribution in [2.45, 2.75) is 92.0 Å². The molecule has 0 aliphatic heterocycles. The molecule has 3 N–H and O–H groups in total. The van der Waals surface area contributed by atoms with E-state index in [0.29, 0.717) is 12.1 Å². The molecule has 0 radical (unpaired) electrons. The number of alkyl carbamates (subject to hydrolysis) is 1. The van der Waals surface area contributed by atoms with E-state index < -0.39 is 36.3 Å². The lowest BCUT2D eigenvalue weighted by Crippen LogP contribution is -2.56. The lowest BCUT2D eigenvalue weighted by Gasteiger charge is -2.37. The summed E-state index contributed by atoms with van der Waals surface area (Å²) in [6.45, 7) is 14.5. The lowest BCUT2D eigenvalue weighted by molar-refractivity contribution is -0.145. The van der Waals surface area contributed by atoms with Crippen molar-refractivity contribution in [3.63, 3.8) is 0 Å². The third-order valence-corrected chi connectivity index (χ3v) is 4.90. The van der Waals surface area contributed by atoms with Crippen molar-refractivity contribution in [1.29, 1.82) is 0 Å². The Labute approximate surface area is 198 Å². The van der Waals surface area contributed by atoms with Gasteiger partial charge in [0.15, 0.2) is 0 Å². The van der Waals surface area contributed by atoms with E-state index >= 15 is 0 Å². The molecular weight excluding hydrogens is 422 g/mol. The first-order chi connectivity index (χ1) is 15.3. The van der Waals surface area contributed by atoms with E-state index in [1.807, 2.05) is 39.0 Å². The standard InChI is InChI=1S/C25H41N3O5/c1-9-10-11-26-22(30)21(19-13-17(4)12-18(5)14-19)28(16(2)3)23(31)20(15-29)27-24(32)33-25(6,7)8/h12-14,16,20-21,29H,9-11,15H2,1-8H3,(H,26,30)(H,27,32). The van der Waals surface area contributed by atoms with Crippen LogP contribution >= 0.6 is 0 Å².